The van der Waals surface area contributed by atoms with E-state index in [-0.39, 0.29) is 0 Å². The van der Waals surface area contributed by atoms with Crippen molar-refractivity contribution >= 4 is 6.08 Å². The molecule has 2 aliphatic carbocycles. The normalized spacial score (nSPS) is 19.0. The highest BCUT2D eigenvalue weighted by Crippen LogP contribution is 2.38. The van der Waals surface area contributed by atoms with Gasteiger partial charge < -0.3 is 0 Å². The maximum Gasteiger partial charge on any atom is 0.0290 e. The van der Waals surface area contributed by atoms with Gasteiger partial charge in [0.15, 0.2) is 0 Å². The van der Waals surface area contributed by atoms with Crippen molar-refractivity contribution in [3.05, 3.63) is 88.5 Å². The molecule has 0 amide bonds. The first-order valence-electron chi connectivity index (χ1n) is 6.40. The van der Waals surface area contributed by atoms with Gasteiger partial charge in [-0.15, -0.1) is 0 Å². The van der Waals surface area contributed by atoms with Gasteiger partial charge in [-0.05, 0) is 40.3 Å². The summed E-state index contributed by atoms with van der Waals surface area (Å²) in [7, 11) is 0. The standard InChI is InChI=1S/C18H13/c1-2-8-15-14(5-1)11-12-18(15)17-10-4-7-13-6-3-9-16(13)17/h1-5,7-10,12,18H,6H2. The van der Waals surface area contributed by atoms with Crippen molar-refractivity contribution in [2.75, 3.05) is 0 Å². The number of hydrogen-bond donors (Lipinski definition) is 0. The molecular formula is C18H13. The van der Waals surface area contributed by atoms with Gasteiger partial charge in [0.05, 0.1) is 0 Å². The lowest BCUT2D eigenvalue weighted by Crippen LogP contribution is -1.99. The maximum atomic E-state index is 3.39. The summed E-state index contributed by atoms with van der Waals surface area (Å²) in [4.78, 5) is 0. The molecule has 0 heteroatoms. The lowest BCUT2D eigenvalue weighted by Gasteiger charge is -2.15. The van der Waals surface area contributed by atoms with Crippen LogP contribution in [-0.2, 0) is 6.42 Å². The van der Waals surface area contributed by atoms with E-state index in [0.717, 1.165) is 6.42 Å². The van der Waals surface area contributed by atoms with E-state index < -0.39 is 0 Å². The van der Waals surface area contributed by atoms with Crippen molar-refractivity contribution in [3.8, 4) is 0 Å². The summed E-state index contributed by atoms with van der Waals surface area (Å²) in [6.07, 6.45) is 11.2. The first-order chi connectivity index (χ1) is 8.93. The van der Waals surface area contributed by atoms with Crippen molar-refractivity contribution < 1.29 is 0 Å². The molecule has 4 rings (SSSR count). The Labute approximate surface area is 107 Å². The largest absolute Gasteiger partial charge is 0.0795 e. The van der Waals surface area contributed by atoms with Crippen molar-refractivity contribution in [1.82, 2.24) is 0 Å². The zero-order chi connectivity index (χ0) is 11.9. The van der Waals surface area contributed by atoms with Crippen molar-refractivity contribution in [2.24, 2.45) is 0 Å². The molecule has 0 nitrogen and oxygen atoms in total. The summed E-state index contributed by atoms with van der Waals surface area (Å²) in [6, 6.07) is 15.2. The number of benzene rings is 2. The maximum absolute atomic E-state index is 3.39. The zero-order valence-electron chi connectivity index (χ0n) is 10.1. The van der Waals surface area contributed by atoms with E-state index in [1.165, 1.54) is 27.8 Å². The second-order valence-electron chi connectivity index (χ2n) is 4.90. The Kier molecular flexibility index (Phi) is 2.04. The fourth-order valence-corrected chi connectivity index (χ4v) is 3.01. The molecule has 85 valence electrons. The molecule has 0 saturated heterocycles. The second kappa shape index (κ2) is 3.71. The van der Waals surface area contributed by atoms with E-state index in [1.807, 2.05) is 0 Å². The van der Waals surface area contributed by atoms with E-state index in [9.17, 15) is 0 Å². The third-order valence-electron chi connectivity index (χ3n) is 3.89. The van der Waals surface area contributed by atoms with Crippen LogP contribution in [0.2, 0.25) is 0 Å². The summed E-state index contributed by atoms with van der Waals surface area (Å²) < 4.78 is 0. The summed E-state index contributed by atoms with van der Waals surface area (Å²) >= 11 is 0. The van der Waals surface area contributed by atoms with Gasteiger partial charge in [0.25, 0.3) is 0 Å². The fourth-order valence-electron chi connectivity index (χ4n) is 3.01. The predicted octanol–water partition coefficient (Wildman–Crippen LogP) is 4.11. The predicted molar refractivity (Wildman–Crippen MR) is 74.4 cm³/mol. The highest BCUT2D eigenvalue weighted by molar-refractivity contribution is 5.66. The lowest BCUT2D eigenvalue weighted by molar-refractivity contribution is 1.04. The number of rotatable bonds is 1. The SMILES string of the molecule is [C]1=CC(c2cccc3c2C=CC3)c2ccccc21. The Balaban J connectivity index is 1.89. The third-order valence-corrected chi connectivity index (χ3v) is 3.89. The van der Waals surface area contributed by atoms with Crippen LogP contribution in [0.5, 0.6) is 0 Å². The monoisotopic (exact) mass is 229 g/mol. The molecule has 0 aromatic heterocycles. The molecule has 1 atom stereocenters. The molecule has 0 aliphatic heterocycles. The Bertz CT molecular complexity index is 674. The van der Waals surface area contributed by atoms with Gasteiger partial charge in [-0.25, -0.2) is 0 Å². The van der Waals surface area contributed by atoms with Gasteiger partial charge in [-0.1, -0.05) is 60.7 Å². The van der Waals surface area contributed by atoms with Gasteiger partial charge >= 0.3 is 0 Å². The number of fused-ring (bicyclic) bond motifs is 2. The van der Waals surface area contributed by atoms with Crippen LogP contribution in [0, 0.1) is 6.08 Å². The topological polar surface area (TPSA) is 0 Å². The van der Waals surface area contributed by atoms with Crippen LogP contribution in [0.25, 0.3) is 6.08 Å². The van der Waals surface area contributed by atoms with Crippen LogP contribution in [0.15, 0.2) is 54.6 Å². The first-order valence-corrected chi connectivity index (χ1v) is 6.40. The van der Waals surface area contributed by atoms with Gasteiger partial charge in [-0.2, -0.15) is 0 Å². The van der Waals surface area contributed by atoms with E-state index in [0.29, 0.717) is 5.92 Å². The third kappa shape index (κ3) is 1.32. The van der Waals surface area contributed by atoms with Gasteiger partial charge in [0.1, 0.15) is 0 Å². The quantitative estimate of drug-likeness (QED) is 0.690. The molecule has 0 heterocycles. The Morgan fingerprint density at radius 3 is 2.83 bits per heavy atom. The van der Waals surface area contributed by atoms with E-state index >= 15 is 0 Å². The Morgan fingerprint density at radius 1 is 0.944 bits per heavy atom. The Morgan fingerprint density at radius 2 is 1.83 bits per heavy atom. The molecule has 2 aliphatic rings. The minimum atomic E-state index is 0.374. The van der Waals surface area contributed by atoms with Gasteiger partial charge in [0, 0.05) is 5.92 Å². The number of allylic oxidation sites excluding steroid dienone is 2. The van der Waals surface area contributed by atoms with Crippen molar-refractivity contribution in [2.45, 2.75) is 12.3 Å². The molecule has 2 aromatic rings. The van der Waals surface area contributed by atoms with Crippen LogP contribution in [0.1, 0.15) is 33.7 Å². The molecule has 1 unspecified atom stereocenters. The minimum Gasteiger partial charge on any atom is -0.0795 e. The fraction of sp³-hybridized carbons (Fsp3) is 0.111. The molecular weight excluding hydrogens is 216 g/mol. The average molecular weight is 229 g/mol. The molecule has 0 bridgehead atoms. The highest BCUT2D eigenvalue weighted by Gasteiger charge is 2.22. The molecule has 18 heavy (non-hydrogen) atoms. The van der Waals surface area contributed by atoms with E-state index in [2.05, 4.69) is 66.8 Å². The molecule has 2 aromatic carbocycles. The first kappa shape index (κ1) is 9.90. The van der Waals surface area contributed by atoms with Gasteiger partial charge in [0.2, 0.25) is 0 Å². The second-order valence-corrected chi connectivity index (χ2v) is 4.90. The van der Waals surface area contributed by atoms with E-state index in [4.69, 9.17) is 0 Å². The van der Waals surface area contributed by atoms with Crippen LogP contribution in [-0.4, -0.2) is 0 Å². The van der Waals surface area contributed by atoms with Crippen molar-refractivity contribution in [3.63, 3.8) is 0 Å². The molecule has 0 saturated carbocycles. The van der Waals surface area contributed by atoms with Crippen LogP contribution < -0.4 is 0 Å². The average Bonchev–Trinajstić information content (AvgIpc) is 3.05. The summed E-state index contributed by atoms with van der Waals surface area (Å²) in [5.41, 5.74) is 6.90. The van der Waals surface area contributed by atoms with Gasteiger partial charge in [-0.3, -0.25) is 0 Å². The van der Waals surface area contributed by atoms with Crippen LogP contribution in [0.3, 0.4) is 0 Å². The van der Waals surface area contributed by atoms with Crippen LogP contribution in [0.4, 0.5) is 0 Å². The lowest BCUT2D eigenvalue weighted by atomic mass is 9.88. The highest BCUT2D eigenvalue weighted by atomic mass is 14.3. The molecule has 0 fully saturated rings. The van der Waals surface area contributed by atoms with Crippen LogP contribution >= 0.6 is 0 Å². The smallest absolute Gasteiger partial charge is 0.0290 e. The molecule has 0 spiro atoms. The summed E-state index contributed by atoms with van der Waals surface area (Å²) in [6.45, 7) is 0. The molecule has 1 radical (unpaired) electrons. The number of hydrogen-bond acceptors (Lipinski definition) is 0. The summed E-state index contributed by atoms with van der Waals surface area (Å²) in [5, 5.41) is 0. The molecule has 0 N–H and O–H groups in total. The minimum absolute atomic E-state index is 0.374. The zero-order valence-corrected chi connectivity index (χ0v) is 10.1. The summed E-state index contributed by atoms with van der Waals surface area (Å²) in [5.74, 6) is 0.374. The Hall–Kier alpha value is -2.08. The van der Waals surface area contributed by atoms with E-state index in [1.54, 1.807) is 0 Å². The van der Waals surface area contributed by atoms with Crippen molar-refractivity contribution in [1.29, 1.82) is 0 Å².